The first-order chi connectivity index (χ1) is 5.24. The monoisotopic (exact) mass is 165 g/mol. The normalized spacial score (nSPS) is 10.8. The number of aryl methyl sites for hydroxylation is 1. The van der Waals surface area contributed by atoms with E-state index in [0.717, 1.165) is 0 Å². The Bertz CT molecular complexity index is 279. The van der Waals surface area contributed by atoms with E-state index in [1.165, 1.54) is 16.4 Å². The number of nitrogens with zero attached hydrogens (tertiary/aromatic N) is 1. The maximum atomic E-state index is 3.97. The van der Waals surface area contributed by atoms with Crippen LogP contribution in [0.15, 0.2) is 23.2 Å². The molecule has 0 aliphatic carbocycles. The summed E-state index contributed by atoms with van der Waals surface area (Å²) in [5.74, 6) is 0. The Morgan fingerprint density at radius 2 is 2.18 bits per heavy atom. The van der Waals surface area contributed by atoms with Crippen LogP contribution in [0.3, 0.4) is 0 Å². The molecule has 1 aromatic carbocycles. The number of hydrogen-bond acceptors (Lipinski definition) is 1. The highest BCUT2D eigenvalue weighted by Crippen LogP contribution is 2.02. The number of rotatable bonds is 1. The highest BCUT2D eigenvalue weighted by atomic mass is 31.0. The van der Waals surface area contributed by atoms with Crippen molar-refractivity contribution in [3.8, 4) is 0 Å². The zero-order chi connectivity index (χ0) is 8.27. The van der Waals surface area contributed by atoms with Crippen LogP contribution in [0.2, 0.25) is 0 Å². The number of benzene rings is 1. The van der Waals surface area contributed by atoms with Crippen molar-refractivity contribution < 1.29 is 0 Å². The molecule has 1 unspecified atom stereocenters. The number of aliphatic imine (C=N–C) groups is 1. The minimum Gasteiger partial charge on any atom is -0.296 e. The predicted molar refractivity (Wildman–Crippen MR) is 54.0 cm³/mol. The van der Waals surface area contributed by atoms with Gasteiger partial charge < -0.3 is 0 Å². The summed E-state index contributed by atoms with van der Waals surface area (Å²) in [6.07, 6.45) is 1.87. The zero-order valence-corrected chi connectivity index (χ0v) is 7.99. The highest BCUT2D eigenvalue weighted by Gasteiger charge is 1.93. The van der Waals surface area contributed by atoms with E-state index in [-0.39, 0.29) is 0 Å². The molecule has 0 radical (unpaired) electrons. The van der Waals surface area contributed by atoms with Gasteiger partial charge >= 0.3 is 0 Å². The molecule has 1 nitrogen and oxygen atoms in total. The third-order valence-corrected chi connectivity index (χ3v) is 2.04. The number of hydrogen-bond donors (Lipinski definition) is 0. The molecule has 1 atom stereocenters. The molecule has 1 rings (SSSR count). The molecule has 0 amide bonds. The fourth-order valence-electron chi connectivity index (χ4n) is 0.945. The van der Waals surface area contributed by atoms with Crippen LogP contribution in [0.25, 0.3) is 0 Å². The van der Waals surface area contributed by atoms with Crippen LogP contribution < -0.4 is 5.30 Å². The Hall–Kier alpha value is -0.680. The van der Waals surface area contributed by atoms with Crippen LogP contribution in [0.1, 0.15) is 11.1 Å². The van der Waals surface area contributed by atoms with Gasteiger partial charge in [-0.2, -0.15) is 0 Å². The summed E-state index contributed by atoms with van der Waals surface area (Å²) in [6.45, 7) is 2.08. The summed E-state index contributed by atoms with van der Waals surface area (Å²) in [5.41, 5.74) is 2.45. The van der Waals surface area contributed by atoms with Gasteiger partial charge in [-0.15, -0.1) is 9.24 Å². The first-order valence-corrected chi connectivity index (χ1v) is 4.10. The molecule has 2 heteroatoms. The second-order valence-electron chi connectivity index (χ2n) is 2.52. The zero-order valence-electron chi connectivity index (χ0n) is 6.83. The quantitative estimate of drug-likeness (QED) is 0.442. The summed E-state index contributed by atoms with van der Waals surface area (Å²) in [7, 11) is 4.48. The van der Waals surface area contributed by atoms with Crippen LogP contribution >= 0.6 is 9.24 Å². The lowest BCUT2D eigenvalue weighted by Gasteiger charge is -1.99. The Balaban J connectivity index is 3.12. The van der Waals surface area contributed by atoms with Crippen molar-refractivity contribution in [2.75, 3.05) is 7.05 Å². The molecule has 0 saturated heterocycles. The fourth-order valence-corrected chi connectivity index (χ4v) is 1.20. The lowest BCUT2D eigenvalue weighted by atomic mass is 10.1. The average molecular weight is 165 g/mol. The first kappa shape index (κ1) is 8.42. The van der Waals surface area contributed by atoms with Crippen molar-refractivity contribution in [1.82, 2.24) is 0 Å². The SMILES string of the molecule is CN=Cc1cc(C)ccc1P. The topological polar surface area (TPSA) is 12.4 Å². The van der Waals surface area contributed by atoms with Crippen LogP contribution in [0.4, 0.5) is 0 Å². The third kappa shape index (κ3) is 2.13. The van der Waals surface area contributed by atoms with Gasteiger partial charge in [-0.05, 0) is 23.9 Å². The lowest BCUT2D eigenvalue weighted by Crippen LogP contribution is -2.00. The Morgan fingerprint density at radius 3 is 2.82 bits per heavy atom. The van der Waals surface area contributed by atoms with E-state index in [1.807, 2.05) is 6.21 Å². The average Bonchev–Trinajstić information content (AvgIpc) is 1.98. The lowest BCUT2D eigenvalue weighted by molar-refractivity contribution is 1.44. The molecule has 11 heavy (non-hydrogen) atoms. The third-order valence-electron chi connectivity index (χ3n) is 1.51. The molecule has 1 aromatic rings. The largest absolute Gasteiger partial charge is 0.296 e. The van der Waals surface area contributed by atoms with Crippen molar-refractivity contribution in [3.05, 3.63) is 29.3 Å². The summed E-state index contributed by atoms with van der Waals surface area (Å²) < 4.78 is 0. The molecule has 0 fully saturated rings. The molecule has 0 saturated carbocycles. The van der Waals surface area contributed by atoms with E-state index in [9.17, 15) is 0 Å². The highest BCUT2D eigenvalue weighted by molar-refractivity contribution is 7.27. The summed E-state index contributed by atoms with van der Waals surface area (Å²) in [6, 6.07) is 6.29. The minimum absolute atomic E-state index is 1.18. The van der Waals surface area contributed by atoms with Crippen molar-refractivity contribution >= 4 is 20.8 Å². The predicted octanol–water partition coefficient (Wildman–Crippen LogP) is 1.54. The summed E-state index contributed by atoms with van der Waals surface area (Å²) in [4.78, 5) is 3.97. The Kier molecular flexibility index (Phi) is 2.78. The van der Waals surface area contributed by atoms with Crippen molar-refractivity contribution in [1.29, 1.82) is 0 Å². The van der Waals surface area contributed by atoms with Crippen molar-refractivity contribution in [2.45, 2.75) is 6.92 Å². The van der Waals surface area contributed by atoms with Crippen LogP contribution in [0, 0.1) is 6.92 Å². The second-order valence-corrected chi connectivity index (χ2v) is 3.14. The van der Waals surface area contributed by atoms with Crippen molar-refractivity contribution in [2.24, 2.45) is 4.99 Å². The van der Waals surface area contributed by atoms with Crippen LogP contribution in [-0.2, 0) is 0 Å². The summed E-state index contributed by atoms with van der Waals surface area (Å²) in [5, 5.41) is 1.20. The molecule has 0 N–H and O–H groups in total. The second kappa shape index (κ2) is 3.64. The minimum atomic E-state index is 1.18. The van der Waals surface area contributed by atoms with Gasteiger partial charge in [-0.1, -0.05) is 17.7 Å². The standard InChI is InChI=1S/C9H12NP/c1-7-3-4-9(11)8(5-7)6-10-2/h3-6H,11H2,1-2H3. The van der Waals surface area contributed by atoms with Gasteiger partial charge in [0.15, 0.2) is 0 Å². The van der Waals surface area contributed by atoms with E-state index in [2.05, 4.69) is 39.4 Å². The van der Waals surface area contributed by atoms with Gasteiger partial charge in [0.25, 0.3) is 0 Å². The molecule has 58 valence electrons. The molecule has 0 bridgehead atoms. The first-order valence-electron chi connectivity index (χ1n) is 3.52. The van der Waals surface area contributed by atoms with E-state index in [1.54, 1.807) is 7.05 Å². The molecular formula is C9H12NP. The van der Waals surface area contributed by atoms with Gasteiger partial charge in [0, 0.05) is 13.3 Å². The Morgan fingerprint density at radius 1 is 1.45 bits per heavy atom. The Labute approximate surface area is 69.8 Å². The molecule has 0 aliphatic rings. The van der Waals surface area contributed by atoms with Crippen LogP contribution in [0.5, 0.6) is 0 Å². The maximum absolute atomic E-state index is 3.97. The van der Waals surface area contributed by atoms with Gasteiger partial charge in [0.2, 0.25) is 0 Å². The maximum Gasteiger partial charge on any atom is 0.0287 e. The molecule has 0 aliphatic heterocycles. The molecule has 0 heterocycles. The molecule has 0 spiro atoms. The smallest absolute Gasteiger partial charge is 0.0287 e. The van der Waals surface area contributed by atoms with E-state index in [4.69, 9.17) is 0 Å². The van der Waals surface area contributed by atoms with Gasteiger partial charge in [-0.3, -0.25) is 4.99 Å². The summed E-state index contributed by atoms with van der Waals surface area (Å²) >= 11 is 0. The van der Waals surface area contributed by atoms with Gasteiger partial charge in [0.1, 0.15) is 0 Å². The van der Waals surface area contributed by atoms with Crippen molar-refractivity contribution in [3.63, 3.8) is 0 Å². The van der Waals surface area contributed by atoms with E-state index >= 15 is 0 Å². The van der Waals surface area contributed by atoms with Gasteiger partial charge in [0.05, 0.1) is 0 Å². The molecule has 0 aromatic heterocycles. The van der Waals surface area contributed by atoms with E-state index < -0.39 is 0 Å². The molecular weight excluding hydrogens is 153 g/mol. The fraction of sp³-hybridized carbons (Fsp3) is 0.222. The van der Waals surface area contributed by atoms with Crippen LogP contribution in [-0.4, -0.2) is 13.3 Å². The van der Waals surface area contributed by atoms with E-state index in [0.29, 0.717) is 0 Å². The van der Waals surface area contributed by atoms with Gasteiger partial charge in [-0.25, -0.2) is 0 Å².